The lowest BCUT2D eigenvalue weighted by atomic mass is 10.2. The highest BCUT2D eigenvalue weighted by Gasteiger charge is 1.92. The van der Waals surface area contributed by atoms with Crippen LogP contribution in [0, 0.1) is 11.8 Å². The Kier molecular flexibility index (Phi) is 3.59. The van der Waals surface area contributed by atoms with E-state index in [1.54, 1.807) is 13.3 Å². The number of halogens is 1. The second-order valence-electron chi connectivity index (χ2n) is 3.20. The van der Waals surface area contributed by atoms with Gasteiger partial charge in [0.2, 0.25) is 0 Å². The van der Waals surface area contributed by atoms with Crippen LogP contribution in [0.2, 0.25) is 5.15 Å². The molecule has 1 aromatic heterocycles. The summed E-state index contributed by atoms with van der Waals surface area (Å²) in [4.78, 5) is 7.93. The molecule has 84 valence electrons. The molecule has 0 saturated heterocycles. The third kappa shape index (κ3) is 3.20. The minimum absolute atomic E-state index is 0.361. The molecule has 1 heterocycles. The number of hydrogen-bond donors (Lipinski definition) is 0. The molecular weight excluding hydrogens is 236 g/mol. The second kappa shape index (κ2) is 5.33. The minimum Gasteiger partial charge on any atom is -0.497 e. The molecule has 0 amide bonds. The van der Waals surface area contributed by atoms with Gasteiger partial charge in [0.25, 0.3) is 0 Å². The van der Waals surface area contributed by atoms with E-state index in [2.05, 4.69) is 21.8 Å². The van der Waals surface area contributed by atoms with Crippen molar-refractivity contribution in [2.24, 2.45) is 0 Å². The Bertz CT molecular complexity index is 553. The summed E-state index contributed by atoms with van der Waals surface area (Å²) in [6, 6.07) is 7.49. The summed E-state index contributed by atoms with van der Waals surface area (Å²) in [5.41, 5.74) is 1.48. The average Bonchev–Trinajstić information content (AvgIpc) is 2.39. The second-order valence-corrected chi connectivity index (χ2v) is 3.59. The van der Waals surface area contributed by atoms with E-state index in [1.807, 2.05) is 24.3 Å². The number of rotatable bonds is 1. The van der Waals surface area contributed by atoms with Gasteiger partial charge in [-0.25, -0.2) is 9.97 Å². The Morgan fingerprint density at radius 3 is 2.41 bits per heavy atom. The molecule has 0 radical (unpaired) electrons. The standard InChI is InChI=1S/C13H9ClN2O/c1-17-12-6-3-10(4-7-12)2-5-11-8-16-13(14)9-15-11/h3-4,6-9H,1H3. The summed E-state index contributed by atoms with van der Waals surface area (Å²) in [5.74, 6) is 6.69. The third-order valence-corrected chi connectivity index (χ3v) is 2.24. The van der Waals surface area contributed by atoms with Crippen molar-refractivity contribution >= 4 is 11.6 Å². The van der Waals surface area contributed by atoms with E-state index < -0.39 is 0 Å². The van der Waals surface area contributed by atoms with Gasteiger partial charge in [-0.2, -0.15) is 0 Å². The van der Waals surface area contributed by atoms with E-state index in [0.717, 1.165) is 11.3 Å². The van der Waals surface area contributed by atoms with E-state index >= 15 is 0 Å². The third-order valence-electron chi connectivity index (χ3n) is 2.05. The summed E-state index contributed by atoms with van der Waals surface area (Å²) < 4.78 is 5.06. The van der Waals surface area contributed by atoms with Crippen molar-refractivity contribution in [1.29, 1.82) is 0 Å². The first-order valence-electron chi connectivity index (χ1n) is 4.91. The molecule has 1 aromatic carbocycles. The van der Waals surface area contributed by atoms with Crippen LogP contribution in [0.25, 0.3) is 0 Å². The van der Waals surface area contributed by atoms with E-state index in [1.165, 1.54) is 6.20 Å². The molecule has 0 bridgehead atoms. The van der Waals surface area contributed by atoms with Crippen LogP contribution in [0.4, 0.5) is 0 Å². The molecule has 0 unspecified atom stereocenters. The van der Waals surface area contributed by atoms with Gasteiger partial charge in [0.05, 0.1) is 19.5 Å². The van der Waals surface area contributed by atoms with E-state index in [-0.39, 0.29) is 0 Å². The van der Waals surface area contributed by atoms with Crippen LogP contribution >= 0.6 is 11.6 Å². The SMILES string of the molecule is COc1ccc(C#Cc2cnc(Cl)cn2)cc1. The number of hydrogen-bond acceptors (Lipinski definition) is 3. The maximum atomic E-state index is 5.63. The molecule has 2 aromatic rings. The van der Waals surface area contributed by atoms with Gasteiger partial charge in [-0.15, -0.1) is 0 Å². The van der Waals surface area contributed by atoms with E-state index in [4.69, 9.17) is 16.3 Å². The van der Waals surface area contributed by atoms with Crippen LogP contribution in [0.1, 0.15) is 11.3 Å². The Hall–Kier alpha value is -2.05. The highest BCUT2D eigenvalue weighted by Crippen LogP contribution is 2.10. The molecule has 0 atom stereocenters. The fourth-order valence-electron chi connectivity index (χ4n) is 1.19. The largest absolute Gasteiger partial charge is 0.497 e. The summed E-state index contributed by atoms with van der Waals surface area (Å²) in [6.07, 6.45) is 3.01. The average molecular weight is 245 g/mol. The first-order valence-corrected chi connectivity index (χ1v) is 5.29. The monoisotopic (exact) mass is 244 g/mol. The van der Waals surface area contributed by atoms with Crippen molar-refractivity contribution in [2.75, 3.05) is 7.11 Å². The molecule has 2 rings (SSSR count). The molecule has 0 saturated carbocycles. The maximum absolute atomic E-state index is 5.63. The number of methoxy groups -OCH3 is 1. The molecule has 0 aliphatic heterocycles. The topological polar surface area (TPSA) is 35.0 Å². The van der Waals surface area contributed by atoms with Crippen LogP contribution in [-0.4, -0.2) is 17.1 Å². The summed E-state index contributed by atoms with van der Waals surface area (Å²) in [5, 5.41) is 0.361. The fraction of sp³-hybridized carbons (Fsp3) is 0.0769. The van der Waals surface area contributed by atoms with Gasteiger partial charge in [0.1, 0.15) is 16.6 Å². The zero-order valence-electron chi connectivity index (χ0n) is 9.14. The number of nitrogens with zero attached hydrogens (tertiary/aromatic N) is 2. The molecule has 17 heavy (non-hydrogen) atoms. The maximum Gasteiger partial charge on any atom is 0.147 e. The molecule has 0 aliphatic rings. The first-order chi connectivity index (χ1) is 8.28. The van der Waals surface area contributed by atoms with Gasteiger partial charge < -0.3 is 4.74 Å². The van der Waals surface area contributed by atoms with Crippen molar-refractivity contribution in [3.05, 3.63) is 53.1 Å². The molecule has 3 nitrogen and oxygen atoms in total. The lowest BCUT2D eigenvalue weighted by Crippen LogP contribution is -1.85. The molecule has 0 aliphatic carbocycles. The van der Waals surface area contributed by atoms with Gasteiger partial charge in [-0.3, -0.25) is 0 Å². The predicted octanol–water partition coefficient (Wildman–Crippen LogP) is 2.54. The summed E-state index contributed by atoms with van der Waals surface area (Å²) in [6.45, 7) is 0. The van der Waals surface area contributed by atoms with Crippen molar-refractivity contribution in [3.63, 3.8) is 0 Å². The van der Waals surface area contributed by atoms with Crippen LogP contribution < -0.4 is 4.74 Å². The van der Waals surface area contributed by atoms with Crippen molar-refractivity contribution < 1.29 is 4.74 Å². The van der Waals surface area contributed by atoms with Crippen molar-refractivity contribution in [1.82, 2.24) is 9.97 Å². The van der Waals surface area contributed by atoms with E-state index in [0.29, 0.717) is 10.8 Å². The number of aromatic nitrogens is 2. The minimum atomic E-state index is 0.361. The van der Waals surface area contributed by atoms with Gasteiger partial charge in [0.15, 0.2) is 0 Å². The van der Waals surface area contributed by atoms with E-state index in [9.17, 15) is 0 Å². The Labute approximate surface area is 104 Å². The first kappa shape index (κ1) is 11.4. The smallest absolute Gasteiger partial charge is 0.147 e. The molecule has 0 N–H and O–H groups in total. The normalized spacial score (nSPS) is 9.29. The highest BCUT2D eigenvalue weighted by atomic mass is 35.5. The Balaban J connectivity index is 2.17. The lowest BCUT2D eigenvalue weighted by molar-refractivity contribution is 0.415. The quantitative estimate of drug-likeness (QED) is 0.723. The number of benzene rings is 1. The molecule has 4 heteroatoms. The van der Waals surface area contributed by atoms with Crippen LogP contribution in [0.5, 0.6) is 5.75 Å². The zero-order chi connectivity index (χ0) is 12.1. The lowest BCUT2D eigenvalue weighted by Gasteiger charge is -1.97. The van der Waals surface area contributed by atoms with Crippen molar-refractivity contribution in [3.8, 4) is 17.6 Å². The van der Waals surface area contributed by atoms with Gasteiger partial charge in [-0.05, 0) is 30.2 Å². The predicted molar refractivity (Wildman–Crippen MR) is 66.0 cm³/mol. The van der Waals surface area contributed by atoms with Crippen LogP contribution in [-0.2, 0) is 0 Å². The van der Waals surface area contributed by atoms with Crippen molar-refractivity contribution in [2.45, 2.75) is 0 Å². The Morgan fingerprint density at radius 1 is 1.06 bits per heavy atom. The number of ether oxygens (including phenoxy) is 1. The highest BCUT2D eigenvalue weighted by molar-refractivity contribution is 6.29. The molecule has 0 spiro atoms. The van der Waals surface area contributed by atoms with Crippen LogP contribution in [0.15, 0.2) is 36.7 Å². The van der Waals surface area contributed by atoms with Gasteiger partial charge in [-0.1, -0.05) is 17.5 Å². The van der Waals surface area contributed by atoms with Gasteiger partial charge >= 0.3 is 0 Å². The molecular formula is C13H9ClN2O. The molecule has 0 fully saturated rings. The fourth-order valence-corrected chi connectivity index (χ4v) is 1.28. The zero-order valence-corrected chi connectivity index (χ0v) is 9.90. The van der Waals surface area contributed by atoms with Crippen LogP contribution in [0.3, 0.4) is 0 Å². The Morgan fingerprint density at radius 2 is 1.82 bits per heavy atom. The summed E-state index contributed by atoms with van der Waals surface area (Å²) in [7, 11) is 1.63. The summed E-state index contributed by atoms with van der Waals surface area (Å²) >= 11 is 5.63. The van der Waals surface area contributed by atoms with Gasteiger partial charge in [0, 0.05) is 5.56 Å².